The molecule has 2 aromatic carbocycles. The molecule has 300 valence electrons. The van der Waals surface area contributed by atoms with E-state index in [0.29, 0.717) is 17.3 Å². The second-order valence-corrected chi connectivity index (χ2v) is 12.9. The Balaban J connectivity index is -0.000000213. The molecule has 0 aliphatic carbocycles. The summed E-state index contributed by atoms with van der Waals surface area (Å²) < 4.78 is 64.7. The maximum atomic E-state index is 11.9. The van der Waals surface area contributed by atoms with Crippen LogP contribution in [0.2, 0.25) is 0 Å². The van der Waals surface area contributed by atoms with Crippen molar-refractivity contribution in [3.05, 3.63) is 53.4 Å². The Morgan fingerprint density at radius 1 is 0.717 bits per heavy atom. The number of primary amides is 2. The summed E-state index contributed by atoms with van der Waals surface area (Å²) in [5.74, 6) is 0.295. The molecule has 0 atom stereocenters. The van der Waals surface area contributed by atoms with E-state index in [1.807, 2.05) is 7.63 Å². The van der Waals surface area contributed by atoms with Gasteiger partial charge in [-0.3, -0.25) is 7.63 Å². The average molecular weight is 910 g/mol. The van der Waals surface area contributed by atoms with Gasteiger partial charge in [-0.05, 0) is 84.9 Å². The van der Waals surface area contributed by atoms with E-state index in [1.165, 1.54) is 62.8 Å². The van der Waals surface area contributed by atoms with Crippen molar-refractivity contribution in [1.29, 1.82) is 0 Å². The van der Waals surface area contributed by atoms with Crippen LogP contribution >= 0.6 is 59.6 Å². The molecule has 2 rings (SSSR count). The molecule has 0 bridgehead atoms. The Kier molecular flexibility index (Phi) is 36.9. The summed E-state index contributed by atoms with van der Waals surface area (Å²) in [6, 6.07) is 9.36. The topological polar surface area (TPSA) is 288 Å². The number of amides is 3. The van der Waals surface area contributed by atoms with E-state index in [0.717, 1.165) is 0 Å². The van der Waals surface area contributed by atoms with E-state index in [4.69, 9.17) is 44.5 Å². The number of carbonyl (C=O) groups excluding carboxylic acids is 2. The lowest BCUT2D eigenvalue weighted by Crippen LogP contribution is -2.20. The summed E-state index contributed by atoms with van der Waals surface area (Å²) in [6.07, 6.45) is -2.21. The number of alkyl halides is 3. The smallest absolute Gasteiger partial charge is 0.412 e. The summed E-state index contributed by atoms with van der Waals surface area (Å²) >= 11 is 16.0. The zero-order valence-electron chi connectivity index (χ0n) is 28.5. The normalized spacial score (nSPS) is 10.8. The Labute approximate surface area is 350 Å². The number of rotatable bonds is 12. The van der Waals surface area contributed by atoms with Crippen LogP contribution in [0.15, 0.2) is 73.5 Å². The molecule has 2 radical (unpaired) electrons. The van der Waals surface area contributed by atoms with Crippen molar-refractivity contribution in [2.24, 2.45) is 26.6 Å². The number of carbonyl (C=O) groups is 2. The van der Waals surface area contributed by atoms with Crippen molar-refractivity contribution in [2.45, 2.75) is 23.6 Å². The lowest BCUT2D eigenvalue weighted by molar-refractivity contribution is -0.250. The molecule has 0 aromatic heterocycles. The number of hydrogen-bond acceptors (Lipinski definition) is 14. The van der Waals surface area contributed by atoms with E-state index in [9.17, 15) is 31.8 Å². The molecular formula is C26H38Cl5MgN5O14S2. The van der Waals surface area contributed by atoms with Gasteiger partial charge in [0.2, 0.25) is 12.1 Å². The van der Waals surface area contributed by atoms with Crippen LogP contribution in [-0.4, -0.2) is 116 Å². The van der Waals surface area contributed by atoms with Crippen LogP contribution in [0.4, 0.5) is 21.0 Å². The van der Waals surface area contributed by atoms with Crippen molar-refractivity contribution in [3.8, 4) is 0 Å². The first kappa shape index (κ1) is 59.6. The van der Waals surface area contributed by atoms with Crippen molar-refractivity contribution in [1.82, 2.24) is 0 Å². The SMILES string of the molecule is CCOC([O-])=Nc1ccc(S(=O)(=O)[O+](C)CCl)cc1.CCOC([O-])=Nc1ccc(S(=O)(=O)[O+](C)CCl)cc1.Cl.Cl.NC(=O)N=O.NC(=O)OCCCl.[Mg]. The minimum Gasteiger partial charge on any atom is -0.600 e. The number of nitrogens with zero attached hydrogens (tertiary/aromatic N) is 3. The maximum Gasteiger partial charge on any atom is 0.412 e. The molecule has 0 aliphatic heterocycles. The van der Waals surface area contributed by atoms with Gasteiger partial charge in [-0.2, -0.15) is 0 Å². The van der Waals surface area contributed by atoms with Gasteiger partial charge >= 0.3 is 32.4 Å². The standard InChI is InChI=1S/2C11H14ClNO5S.C3H6ClNO2.CH2N2O2.2ClH.Mg/c2*1-3-17-11(14)13-9-4-6-10(7-5-9)19(15,16)18(2)8-12;4-1-2-7-3(5)6;2-1(4)3-5;;;/h2*4-7H,3,8H2,1-2H3;1-2H2,(H2,5,6);(H2,2,4);2*1H;. The van der Waals surface area contributed by atoms with Gasteiger partial charge in [-0.1, -0.05) is 13.8 Å². The number of aliphatic imine (C=N–C) groups is 2. The number of urea groups is 1. The van der Waals surface area contributed by atoms with Crippen LogP contribution in [0, 0.1) is 4.91 Å². The second kappa shape index (κ2) is 32.8. The fourth-order valence-electron chi connectivity index (χ4n) is 2.48. The Morgan fingerprint density at radius 2 is 1.02 bits per heavy atom. The highest BCUT2D eigenvalue weighted by Crippen LogP contribution is 2.22. The molecule has 19 nitrogen and oxygen atoms in total. The molecule has 3 amide bonds. The third kappa shape index (κ3) is 25.9. The summed E-state index contributed by atoms with van der Waals surface area (Å²) in [4.78, 5) is 34.9. The van der Waals surface area contributed by atoms with Crippen molar-refractivity contribution in [3.63, 3.8) is 0 Å². The predicted octanol–water partition coefficient (Wildman–Crippen LogP) is 2.89. The number of hydrogen-bond donors (Lipinski definition) is 2. The van der Waals surface area contributed by atoms with Gasteiger partial charge in [-0.15, -0.1) is 58.2 Å². The van der Waals surface area contributed by atoms with Gasteiger partial charge in [0, 0.05) is 28.2 Å². The van der Waals surface area contributed by atoms with Crippen LogP contribution < -0.4 is 21.7 Å². The summed E-state index contributed by atoms with van der Waals surface area (Å²) in [5.41, 5.74) is 9.36. The fraction of sp³-hybridized carbons (Fsp3) is 0.385. The zero-order chi connectivity index (χ0) is 38.9. The number of ether oxygens (including phenoxy) is 3. The highest BCUT2D eigenvalue weighted by molar-refractivity contribution is 7.87. The fourth-order valence-corrected chi connectivity index (χ4v) is 5.09. The molecule has 0 spiro atoms. The average Bonchev–Trinajstić information content (AvgIpc) is 3.08. The lowest BCUT2D eigenvalue weighted by atomic mass is 10.3. The zero-order valence-corrected chi connectivity index (χ0v) is 35.5. The number of benzene rings is 2. The van der Waals surface area contributed by atoms with E-state index in [1.54, 1.807) is 19.0 Å². The highest BCUT2D eigenvalue weighted by atomic mass is 35.5. The molecule has 2 aromatic rings. The molecular weight excluding hydrogens is 872 g/mol. The minimum atomic E-state index is -3.68. The third-order valence-corrected chi connectivity index (χ3v) is 9.20. The molecule has 0 saturated heterocycles. The number of halogens is 5. The molecule has 4 N–H and O–H groups in total. The Morgan fingerprint density at radius 3 is 1.21 bits per heavy atom. The molecule has 0 heterocycles. The van der Waals surface area contributed by atoms with E-state index >= 15 is 0 Å². The van der Waals surface area contributed by atoms with Crippen LogP contribution in [0.3, 0.4) is 0 Å². The van der Waals surface area contributed by atoms with Crippen LogP contribution in [-0.2, 0) is 42.1 Å². The predicted molar refractivity (Wildman–Crippen MR) is 202 cm³/mol. The molecule has 0 unspecified atom stereocenters. The van der Waals surface area contributed by atoms with Crippen LogP contribution in [0.1, 0.15) is 13.8 Å². The molecule has 27 heteroatoms. The van der Waals surface area contributed by atoms with E-state index < -0.39 is 44.5 Å². The van der Waals surface area contributed by atoms with Gasteiger partial charge in [0.25, 0.3) is 0 Å². The first-order valence-electron chi connectivity index (χ1n) is 13.3. The van der Waals surface area contributed by atoms with E-state index in [-0.39, 0.29) is 89.6 Å². The molecule has 0 saturated carbocycles. The van der Waals surface area contributed by atoms with Gasteiger partial charge in [0.1, 0.15) is 16.4 Å². The molecule has 53 heavy (non-hydrogen) atoms. The summed E-state index contributed by atoms with van der Waals surface area (Å²) in [7, 11) is -4.79. The summed E-state index contributed by atoms with van der Waals surface area (Å²) in [6.45, 7) is 3.99. The number of nitroso groups, excluding NO2 is 1. The Bertz CT molecular complexity index is 1510. The van der Waals surface area contributed by atoms with Crippen molar-refractivity contribution in [2.75, 3.05) is 52.1 Å². The van der Waals surface area contributed by atoms with Gasteiger partial charge in [0.15, 0.2) is 26.4 Å². The highest BCUT2D eigenvalue weighted by Gasteiger charge is 2.27. The Hall–Kier alpha value is -2.64. The largest absolute Gasteiger partial charge is 0.600 e. The van der Waals surface area contributed by atoms with Gasteiger partial charge < -0.3 is 35.9 Å². The lowest BCUT2D eigenvalue weighted by Gasteiger charge is -2.11. The van der Waals surface area contributed by atoms with Crippen molar-refractivity contribution >= 4 is 139 Å². The first-order chi connectivity index (χ1) is 23.4. The maximum absolute atomic E-state index is 11.9. The quantitative estimate of drug-likeness (QED) is 0.0591. The van der Waals surface area contributed by atoms with E-state index in [2.05, 4.69) is 35.7 Å². The summed E-state index contributed by atoms with van der Waals surface area (Å²) in [5, 5.41) is 24.0. The van der Waals surface area contributed by atoms with Gasteiger partial charge in [0.05, 0.1) is 17.3 Å². The van der Waals surface area contributed by atoms with Crippen LogP contribution in [0.5, 0.6) is 0 Å². The molecule has 0 aliphatic rings. The van der Waals surface area contributed by atoms with Gasteiger partial charge in [-0.25, -0.2) is 19.6 Å². The monoisotopic (exact) mass is 907 g/mol. The van der Waals surface area contributed by atoms with Crippen molar-refractivity contribution < 1.29 is 58.5 Å². The number of nitrogens with two attached hydrogens (primary N) is 2. The first-order valence-corrected chi connectivity index (χ1v) is 17.8. The third-order valence-electron chi connectivity index (χ3n) is 4.70. The second-order valence-electron chi connectivity index (χ2n) is 8.17. The molecule has 0 fully saturated rings. The minimum absolute atomic E-state index is 0. The van der Waals surface area contributed by atoms with Crippen LogP contribution in [0.25, 0.3) is 0 Å².